The number of amides is 1. The summed E-state index contributed by atoms with van der Waals surface area (Å²) >= 11 is 0. The highest BCUT2D eigenvalue weighted by atomic mass is 16.5. The van der Waals surface area contributed by atoms with Crippen LogP contribution in [-0.2, 0) is 11.3 Å². The number of para-hydroxylation sites is 1. The Labute approximate surface area is 165 Å². The molecular formula is C22H24N4O2. The fourth-order valence-corrected chi connectivity index (χ4v) is 2.76. The Balaban J connectivity index is 1.75. The van der Waals surface area contributed by atoms with Gasteiger partial charge < -0.3 is 15.0 Å². The Morgan fingerprint density at radius 3 is 2.36 bits per heavy atom. The molecule has 3 rings (SSSR count). The fourth-order valence-electron chi connectivity index (χ4n) is 2.76. The number of methoxy groups -OCH3 is 1. The summed E-state index contributed by atoms with van der Waals surface area (Å²) in [4.78, 5) is 23.5. The van der Waals surface area contributed by atoms with Crippen molar-refractivity contribution in [3.05, 3.63) is 84.3 Å². The Kier molecular flexibility index (Phi) is 7.09. The molecule has 6 heteroatoms. The topological polar surface area (TPSA) is 67.3 Å². The fraction of sp³-hybridized carbons (Fsp3) is 0.227. The highest BCUT2D eigenvalue weighted by Crippen LogP contribution is 2.19. The number of nitrogens with one attached hydrogen (secondary N) is 1. The minimum Gasteiger partial charge on any atom is -0.385 e. The van der Waals surface area contributed by atoms with Crippen molar-refractivity contribution in [2.24, 2.45) is 0 Å². The van der Waals surface area contributed by atoms with Crippen molar-refractivity contribution in [3.63, 3.8) is 0 Å². The highest BCUT2D eigenvalue weighted by Gasteiger charge is 2.19. The predicted molar refractivity (Wildman–Crippen MR) is 110 cm³/mol. The monoisotopic (exact) mass is 376 g/mol. The van der Waals surface area contributed by atoms with Crippen molar-refractivity contribution in [1.29, 1.82) is 0 Å². The van der Waals surface area contributed by atoms with Crippen molar-refractivity contribution in [1.82, 2.24) is 9.97 Å². The molecule has 0 aliphatic heterocycles. The van der Waals surface area contributed by atoms with Crippen molar-refractivity contribution in [3.8, 4) is 0 Å². The van der Waals surface area contributed by atoms with Crippen LogP contribution in [0.4, 0.5) is 11.5 Å². The number of carbonyl (C=O) groups is 1. The lowest BCUT2D eigenvalue weighted by Gasteiger charge is -2.22. The molecule has 0 saturated carbocycles. The van der Waals surface area contributed by atoms with Gasteiger partial charge in [0.25, 0.3) is 5.91 Å². The third-order valence-electron chi connectivity index (χ3n) is 4.20. The first-order valence-electron chi connectivity index (χ1n) is 9.23. The number of hydrogen-bond acceptors (Lipinski definition) is 5. The predicted octanol–water partition coefficient (Wildman–Crippen LogP) is 3.77. The number of carbonyl (C=O) groups excluding carboxylic acids is 1. The van der Waals surface area contributed by atoms with E-state index < -0.39 is 0 Å². The number of ether oxygens (including phenoxy) is 1. The second-order valence-corrected chi connectivity index (χ2v) is 6.27. The molecule has 0 atom stereocenters. The van der Waals surface area contributed by atoms with E-state index in [1.165, 1.54) is 6.20 Å². The summed E-state index contributed by atoms with van der Waals surface area (Å²) in [5.74, 6) is 0.454. The Morgan fingerprint density at radius 2 is 1.71 bits per heavy atom. The molecule has 0 aliphatic rings. The second kappa shape index (κ2) is 10.2. The van der Waals surface area contributed by atoms with Crippen LogP contribution in [0.5, 0.6) is 0 Å². The van der Waals surface area contributed by atoms with Gasteiger partial charge in [0, 0.05) is 25.9 Å². The minimum atomic E-state index is -0.187. The molecule has 1 aromatic heterocycles. The summed E-state index contributed by atoms with van der Waals surface area (Å²) in [6, 6.07) is 19.5. The van der Waals surface area contributed by atoms with Crippen LogP contribution in [0.25, 0.3) is 0 Å². The first-order chi connectivity index (χ1) is 13.8. The molecule has 0 saturated heterocycles. The minimum absolute atomic E-state index is 0.187. The smallest absolute Gasteiger partial charge is 0.278 e. The van der Waals surface area contributed by atoms with Gasteiger partial charge >= 0.3 is 0 Å². The van der Waals surface area contributed by atoms with Crippen molar-refractivity contribution in [2.45, 2.75) is 13.0 Å². The van der Waals surface area contributed by atoms with Gasteiger partial charge in [0.2, 0.25) is 0 Å². The zero-order valence-electron chi connectivity index (χ0n) is 15.9. The summed E-state index contributed by atoms with van der Waals surface area (Å²) in [6.45, 7) is 1.88. The van der Waals surface area contributed by atoms with Gasteiger partial charge in [0.15, 0.2) is 0 Å². The number of anilines is 2. The lowest BCUT2D eigenvalue weighted by Crippen LogP contribution is -2.31. The average Bonchev–Trinajstić information content (AvgIpc) is 2.76. The molecule has 0 fully saturated rings. The molecule has 0 spiro atoms. The summed E-state index contributed by atoms with van der Waals surface area (Å²) < 4.78 is 5.02. The highest BCUT2D eigenvalue weighted by molar-refractivity contribution is 6.04. The van der Waals surface area contributed by atoms with Crippen LogP contribution in [0.15, 0.2) is 73.1 Å². The van der Waals surface area contributed by atoms with E-state index in [-0.39, 0.29) is 5.91 Å². The Hall–Kier alpha value is -3.25. The Morgan fingerprint density at radius 1 is 1.00 bits per heavy atom. The van der Waals surface area contributed by atoms with Crippen LogP contribution in [0.3, 0.4) is 0 Å². The molecule has 144 valence electrons. The first-order valence-corrected chi connectivity index (χ1v) is 9.23. The van der Waals surface area contributed by atoms with Crippen LogP contribution in [0.1, 0.15) is 22.5 Å². The van der Waals surface area contributed by atoms with Gasteiger partial charge in [0.1, 0.15) is 11.5 Å². The summed E-state index contributed by atoms with van der Waals surface area (Å²) in [7, 11) is 1.67. The largest absolute Gasteiger partial charge is 0.385 e. The average molecular weight is 376 g/mol. The molecule has 6 nitrogen and oxygen atoms in total. The molecule has 1 heterocycles. The summed E-state index contributed by atoms with van der Waals surface area (Å²) in [5.41, 5.74) is 2.17. The van der Waals surface area contributed by atoms with Crippen molar-refractivity contribution < 1.29 is 9.53 Å². The lowest BCUT2D eigenvalue weighted by molar-refractivity contribution is 0.0980. The van der Waals surface area contributed by atoms with Crippen molar-refractivity contribution in [2.75, 3.05) is 30.5 Å². The van der Waals surface area contributed by atoms with E-state index in [1.54, 1.807) is 18.2 Å². The number of aromatic nitrogens is 2. The molecule has 0 aliphatic carbocycles. The van der Waals surface area contributed by atoms with E-state index in [0.717, 1.165) is 24.2 Å². The van der Waals surface area contributed by atoms with Crippen molar-refractivity contribution >= 4 is 17.4 Å². The normalized spacial score (nSPS) is 10.5. The lowest BCUT2D eigenvalue weighted by atomic mass is 10.2. The molecule has 3 aromatic rings. The van der Waals surface area contributed by atoms with E-state index in [9.17, 15) is 4.79 Å². The van der Waals surface area contributed by atoms with Gasteiger partial charge in [-0.3, -0.25) is 4.79 Å². The first kappa shape index (κ1) is 19.5. The molecule has 1 amide bonds. The number of hydrogen-bond donors (Lipinski definition) is 1. The maximum atomic E-state index is 13.1. The molecule has 0 bridgehead atoms. The summed E-state index contributed by atoms with van der Waals surface area (Å²) in [6.07, 6.45) is 3.98. The molecule has 2 aromatic carbocycles. The van der Waals surface area contributed by atoms with E-state index in [4.69, 9.17) is 4.74 Å². The van der Waals surface area contributed by atoms with Crippen LogP contribution in [0.2, 0.25) is 0 Å². The number of nitrogens with zero attached hydrogens (tertiary/aromatic N) is 3. The van der Waals surface area contributed by atoms with Gasteiger partial charge in [-0.05, 0) is 24.1 Å². The molecule has 0 unspecified atom stereocenters. The third kappa shape index (κ3) is 5.37. The SMILES string of the molecule is COCCCNc1cnc(C(=O)N(Cc2ccccc2)c2ccccc2)cn1. The van der Waals surface area contributed by atoms with Gasteiger partial charge in [-0.25, -0.2) is 9.97 Å². The zero-order valence-corrected chi connectivity index (χ0v) is 15.9. The maximum Gasteiger partial charge on any atom is 0.278 e. The molecular weight excluding hydrogens is 352 g/mol. The molecule has 0 radical (unpaired) electrons. The molecule has 28 heavy (non-hydrogen) atoms. The van der Waals surface area contributed by atoms with Crippen LogP contribution in [-0.4, -0.2) is 36.1 Å². The summed E-state index contributed by atoms with van der Waals surface area (Å²) in [5, 5.41) is 3.17. The Bertz CT molecular complexity index is 855. The molecule has 1 N–H and O–H groups in total. The standard InChI is InChI=1S/C22H24N4O2/c1-28-14-8-13-23-21-16-24-20(15-25-21)22(27)26(19-11-6-3-7-12-19)17-18-9-4-2-5-10-18/h2-7,9-12,15-16H,8,13-14,17H2,1H3,(H,23,25). The van der Waals surface area contributed by atoms with E-state index >= 15 is 0 Å². The van der Waals surface area contributed by atoms with Gasteiger partial charge in [0.05, 0.1) is 18.9 Å². The van der Waals surface area contributed by atoms with E-state index in [2.05, 4.69) is 15.3 Å². The van der Waals surface area contributed by atoms with E-state index in [1.807, 2.05) is 60.7 Å². The number of benzene rings is 2. The number of rotatable bonds is 9. The zero-order chi connectivity index (χ0) is 19.6. The van der Waals surface area contributed by atoms with Crippen LogP contribution in [0, 0.1) is 0 Å². The second-order valence-electron chi connectivity index (χ2n) is 6.27. The van der Waals surface area contributed by atoms with Crippen LogP contribution < -0.4 is 10.2 Å². The van der Waals surface area contributed by atoms with Gasteiger partial charge in [-0.1, -0.05) is 48.5 Å². The van der Waals surface area contributed by atoms with Gasteiger partial charge in [-0.2, -0.15) is 0 Å². The van der Waals surface area contributed by atoms with E-state index in [0.29, 0.717) is 24.7 Å². The maximum absolute atomic E-state index is 13.1. The van der Waals surface area contributed by atoms with Gasteiger partial charge in [-0.15, -0.1) is 0 Å². The quantitative estimate of drug-likeness (QED) is 0.576. The van der Waals surface area contributed by atoms with Crippen LogP contribution >= 0.6 is 0 Å². The third-order valence-corrected chi connectivity index (χ3v) is 4.20.